The molecule has 90 valence electrons. The molecule has 2 rings (SSSR count). The van der Waals surface area contributed by atoms with Crippen molar-refractivity contribution in [3.63, 3.8) is 0 Å². The second-order valence-corrected chi connectivity index (χ2v) is 4.72. The third kappa shape index (κ3) is 3.09. The van der Waals surface area contributed by atoms with Crippen LogP contribution in [0.2, 0.25) is 0 Å². The van der Waals surface area contributed by atoms with E-state index >= 15 is 0 Å². The van der Waals surface area contributed by atoms with E-state index in [0.717, 1.165) is 43.6 Å². The molecule has 1 aromatic rings. The van der Waals surface area contributed by atoms with E-state index in [-0.39, 0.29) is 0 Å². The molecule has 2 heterocycles. The van der Waals surface area contributed by atoms with Gasteiger partial charge in [0.25, 0.3) is 0 Å². The average Bonchev–Trinajstić information content (AvgIpc) is 2.73. The molecule has 0 amide bonds. The van der Waals surface area contributed by atoms with Crippen LogP contribution in [0.3, 0.4) is 0 Å². The van der Waals surface area contributed by atoms with Crippen molar-refractivity contribution in [2.24, 2.45) is 0 Å². The highest BCUT2D eigenvalue weighted by molar-refractivity contribution is 5.05. The van der Waals surface area contributed by atoms with Gasteiger partial charge in [0.15, 0.2) is 0 Å². The summed E-state index contributed by atoms with van der Waals surface area (Å²) in [5.41, 5.74) is 0. The third-order valence-corrected chi connectivity index (χ3v) is 3.44. The molecule has 16 heavy (non-hydrogen) atoms. The molecular formula is C13H22N2O. The van der Waals surface area contributed by atoms with E-state index in [1.807, 2.05) is 13.0 Å². The number of nitrogens with zero attached hydrogens (tertiary/aromatic N) is 1. The van der Waals surface area contributed by atoms with Gasteiger partial charge in [0.2, 0.25) is 0 Å². The molecule has 0 radical (unpaired) electrons. The number of furan rings is 1. The first-order valence-electron chi connectivity index (χ1n) is 6.22. The van der Waals surface area contributed by atoms with E-state index < -0.39 is 0 Å². The monoisotopic (exact) mass is 222 g/mol. The molecule has 0 spiro atoms. The number of piperidine rings is 1. The molecule has 0 unspecified atom stereocenters. The maximum atomic E-state index is 5.58. The molecular weight excluding hydrogens is 200 g/mol. The Hall–Kier alpha value is -0.800. The number of hydrogen-bond acceptors (Lipinski definition) is 3. The van der Waals surface area contributed by atoms with Gasteiger partial charge >= 0.3 is 0 Å². The summed E-state index contributed by atoms with van der Waals surface area (Å²) in [6.07, 6.45) is 3.57. The van der Waals surface area contributed by atoms with Crippen molar-refractivity contribution in [1.82, 2.24) is 10.2 Å². The van der Waals surface area contributed by atoms with Crippen LogP contribution in [-0.4, -0.2) is 37.6 Å². The minimum atomic E-state index is 0.748. The molecule has 0 saturated carbocycles. The van der Waals surface area contributed by atoms with Gasteiger partial charge in [-0.1, -0.05) is 0 Å². The first-order chi connectivity index (χ1) is 7.75. The van der Waals surface area contributed by atoms with Crippen LogP contribution in [-0.2, 0) is 6.42 Å². The lowest BCUT2D eigenvalue weighted by Crippen LogP contribution is -2.41. The molecule has 3 heteroatoms. The fourth-order valence-electron chi connectivity index (χ4n) is 2.34. The zero-order valence-electron chi connectivity index (χ0n) is 10.3. The quantitative estimate of drug-likeness (QED) is 0.842. The normalized spacial score (nSPS) is 18.2. The van der Waals surface area contributed by atoms with Crippen molar-refractivity contribution in [3.05, 3.63) is 23.7 Å². The van der Waals surface area contributed by atoms with E-state index in [9.17, 15) is 0 Å². The highest BCUT2D eigenvalue weighted by Crippen LogP contribution is 2.12. The Morgan fingerprint density at radius 1 is 1.38 bits per heavy atom. The summed E-state index contributed by atoms with van der Waals surface area (Å²) >= 11 is 0. The predicted molar refractivity (Wildman–Crippen MR) is 65.7 cm³/mol. The van der Waals surface area contributed by atoms with Crippen LogP contribution < -0.4 is 5.32 Å². The molecule has 3 nitrogen and oxygen atoms in total. The molecule has 0 bridgehead atoms. The van der Waals surface area contributed by atoms with Crippen LogP contribution in [0.15, 0.2) is 16.5 Å². The second kappa shape index (κ2) is 5.51. The van der Waals surface area contributed by atoms with E-state index in [0.29, 0.717) is 0 Å². The van der Waals surface area contributed by atoms with Gasteiger partial charge in [-0.25, -0.2) is 0 Å². The molecule has 1 saturated heterocycles. The van der Waals surface area contributed by atoms with Crippen LogP contribution in [0.4, 0.5) is 0 Å². The lowest BCUT2D eigenvalue weighted by molar-refractivity contribution is 0.198. The third-order valence-electron chi connectivity index (χ3n) is 3.44. The standard InChI is InChI=1S/C13H22N2O/c1-11-3-4-13(16-11)7-10-15(2)12-5-8-14-9-6-12/h3-4,12,14H,5-10H2,1-2H3. The summed E-state index contributed by atoms with van der Waals surface area (Å²) in [6.45, 7) is 5.42. The second-order valence-electron chi connectivity index (χ2n) is 4.72. The van der Waals surface area contributed by atoms with Gasteiger partial charge in [-0.15, -0.1) is 0 Å². The van der Waals surface area contributed by atoms with Gasteiger partial charge in [0.05, 0.1) is 0 Å². The van der Waals surface area contributed by atoms with Crippen molar-refractivity contribution < 1.29 is 4.42 Å². The molecule has 1 fully saturated rings. The summed E-state index contributed by atoms with van der Waals surface area (Å²) in [5.74, 6) is 2.12. The fourth-order valence-corrected chi connectivity index (χ4v) is 2.34. The van der Waals surface area contributed by atoms with E-state index in [1.54, 1.807) is 0 Å². The van der Waals surface area contributed by atoms with Crippen LogP contribution in [0.25, 0.3) is 0 Å². The highest BCUT2D eigenvalue weighted by Gasteiger charge is 2.17. The lowest BCUT2D eigenvalue weighted by Gasteiger charge is -2.31. The van der Waals surface area contributed by atoms with Crippen LogP contribution in [0.5, 0.6) is 0 Å². The Bertz CT molecular complexity index is 315. The van der Waals surface area contributed by atoms with Crippen molar-refractivity contribution in [2.75, 3.05) is 26.7 Å². The zero-order chi connectivity index (χ0) is 11.4. The van der Waals surface area contributed by atoms with Crippen LogP contribution in [0, 0.1) is 6.92 Å². The van der Waals surface area contributed by atoms with E-state index in [4.69, 9.17) is 4.42 Å². The maximum Gasteiger partial charge on any atom is 0.105 e. The minimum Gasteiger partial charge on any atom is -0.466 e. The van der Waals surface area contributed by atoms with Crippen molar-refractivity contribution in [3.8, 4) is 0 Å². The Labute approximate surface area is 97.8 Å². The molecule has 1 aromatic heterocycles. The average molecular weight is 222 g/mol. The SMILES string of the molecule is Cc1ccc(CCN(C)C2CCNCC2)o1. The van der Waals surface area contributed by atoms with Crippen molar-refractivity contribution in [2.45, 2.75) is 32.2 Å². The van der Waals surface area contributed by atoms with E-state index in [1.165, 1.54) is 12.8 Å². The fraction of sp³-hybridized carbons (Fsp3) is 0.692. The van der Waals surface area contributed by atoms with Gasteiger partial charge in [-0.3, -0.25) is 0 Å². The molecule has 1 N–H and O–H groups in total. The summed E-state index contributed by atoms with van der Waals surface area (Å²) in [7, 11) is 2.23. The summed E-state index contributed by atoms with van der Waals surface area (Å²) in [6, 6.07) is 4.88. The Morgan fingerprint density at radius 3 is 2.75 bits per heavy atom. The molecule has 1 aliphatic heterocycles. The number of rotatable bonds is 4. The van der Waals surface area contributed by atoms with Crippen LogP contribution >= 0.6 is 0 Å². The number of nitrogens with one attached hydrogen (secondary N) is 1. The zero-order valence-corrected chi connectivity index (χ0v) is 10.3. The van der Waals surface area contributed by atoms with Gasteiger partial charge in [-0.05, 0) is 52.0 Å². The summed E-state index contributed by atoms with van der Waals surface area (Å²) in [5, 5.41) is 3.40. The first-order valence-corrected chi connectivity index (χ1v) is 6.22. The molecule has 0 aliphatic carbocycles. The Kier molecular flexibility index (Phi) is 4.02. The summed E-state index contributed by atoms with van der Waals surface area (Å²) in [4.78, 5) is 2.47. The van der Waals surface area contributed by atoms with Crippen LogP contribution in [0.1, 0.15) is 24.4 Å². The highest BCUT2D eigenvalue weighted by atomic mass is 16.3. The number of likely N-dealkylation sites (N-methyl/N-ethyl adjacent to an activating group) is 1. The maximum absolute atomic E-state index is 5.58. The predicted octanol–water partition coefficient (Wildman–Crippen LogP) is 1.81. The van der Waals surface area contributed by atoms with Crippen molar-refractivity contribution in [1.29, 1.82) is 0 Å². The molecule has 0 aromatic carbocycles. The topological polar surface area (TPSA) is 28.4 Å². The minimum absolute atomic E-state index is 0.748. The Balaban J connectivity index is 1.76. The number of aryl methyl sites for hydroxylation is 1. The Morgan fingerprint density at radius 2 is 2.12 bits per heavy atom. The largest absolute Gasteiger partial charge is 0.466 e. The van der Waals surface area contributed by atoms with Gasteiger partial charge in [0.1, 0.15) is 11.5 Å². The van der Waals surface area contributed by atoms with Gasteiger partial charge in [0, 0.05) is 19.0 Å². The molecule has 1 aliphatic rings. The lowest BCUT2D eigenvalue weighted by atomic mass is 10.1. The van der Waals surface area contributed by atoms with Gasteiger partial charge in [-0.2, -0.15) is 0 Å². The summed E-state index contributed by atoms with van der Waals surface area (Å²) < 4.78 is 5.58. The van der Waals surface area contributed by atoms with E-state index in [2.05, 4.69) is 23.3 Å². The van der Waals surface area contributed by atoms with Crippen molar-refractivity contribution >= 4 is 0 Å². The smallest absolute Gasteiger partial charge is 0.105 e. The number of hydrogen-bond donors (Lipinski definition) is 1. The first kappa shape index (κ1) is 11.7. The van der Waals surface area contributed by atoms with Gasteiger partial charge < -0.3 is 14.6 Å². The molecule has 0 atom stereocenters.